The van der Waals surface area contributed by atoms with Crippen LogP contribution in [0.2, 0.25) is 0 Å². The predicted molar refractivity (Wildman–Crippen MR) is 88.9 cm³/mol. The highest BCUT2D eigenvalue weighted by Crippen LogP contribution is 2.23. The second-order valence-corrected chi connectivity index (χ2v) is 5.90. The van der Waals surface area contributed by atoms with Crippen LogP contribution in [0.3, 0.4) is 0 Å². The minimum Gasteiger partial charge on any atom is -0.377 e. The van der Waals surface area contributed by atoms with Gasteiger partial charge in [0.1, 0.15) is 6.61 Å². The fourth-order valence-electron chi connectivity index (χ4n) is 2.71. The highest BCUT2D eigenvalue weighted by molar-refractivity contribution is 5.61. The molecule has 0 aliphatic carbocycles. The third kappa shape index (κ3) is 3.80. The van der Waals surface area contributed by atoms with Crippen LogP contribution in [0.15, 0.2) is 16.9 Å². The number of hydrogen-bond acceptors (Lipinski definition) is 9. The molecule has 0 aromatic carbocycles. The van der Waals surface area contributed by atoms with E-state index >= 15 is 0 Å². The lowest BCUT2D eigenvalue weighted by atomic mass is 10.3. The molecular formula is C15H23N7O2. The van der Waals surface area contributed by atoms with Crippen molar-refractivity contribution in [3.8, 4) is 0 Å². The molecule has 0 unspecified atom stereocenters. The molecule has 0 amide bonds. The SMILES string of the molecule is COCc1noc(CN2CCN(c3nccnc3N(C)C)CC2)n1. The molecule has 9 nitrogen and oxygen atoms in total. The van der Waals surface area contributed by atoms with Crippen LogP contribution in [-0.4, -0.2) is 72.4 Å². The summed E-state index contributed by atoms with van der Waals surface area (Å²) < 4.78 is 10.3. The molecule has 1 aliphatic rings. The minimum absolute atomic E-state index is 0.372. The van der Waals surface area contributed by atoms with Crippen molar-refractivity contribution in [2.45, 2.75) is 13.2 Å². The molecule has 130 valence electrons. The molecule has 1 fully saturated rings. The Kier molecular flexibility index (Phi) is 5.21. The summed E-state index contributed by atoms with van der Waals surface area (Å²) in [5.41, 5.74) is 0. The maximum atomic E-state index is 5.26. The molecule has 1 saturated heterocycles. The molecule has 0 N–H and O–H groups in total. The van der Waals surface area contributed by atoms with Gasteiger partial charge in [0.25, 0.3) is 0 Å². The van der Waals surface area contributed by atoms with Crippen molar-refractivity contribution >= 4 is 11.6 Å². The van der Waals surface area contributed by atoms with Gasteiger partial charge in [-0.25, -0.2) is 9.97 Å². The van der Waals surface area contributed by atoms with Gasteiger partial charge in [-0.15, -0.1) is 0 Å². The van der Waals surface area contributed by atoms with E-state index in [0.717, 1.165) is 37.8 Å². The van der Waals surface area contributed by atoms with E-state index in [1.807, 2.05) is 19.0 Å². The molecule has 24 heavy (non-hydrogen) atoms. The molecule has 9 heteroatoms. The van der Waals surface area contributed by atoms with Crippen LogP contribution in [0.4, 0.5) is 11.6 Å². The van der Waals surface area contributed by atoms with Gasteiger partial charge in [-0.05, 0) is 0 Å². The smallest absolute Gasteiger partial charge is 0.240 e. The standard InChI is InChI=1S/C15H23N7O2/c1-20(2)14-15(17-5-4-16-14)22-8-6-21(7-9-22)10-13-18-12(11-23-3)19-24-13/h4-5H,6-11H2,1-3H3. The largest absolute Gasteiger partial charge is 0.377 e. The highest BCUT2D eigenvalue weighted by Gasteiger charge is 2.22. The molecule has 3 heterocycles. The maximum absolute atomic E-state index is 5.26. The van der Waals surface area contributed by atoms with Gasteiger partial charge >= 0.3 is 0 Å². The number of rotatable bonds is 6. The Balaban J connectivity index is 1.57. The van der Waals surface area contributed by atoms with E-state index in [1.54, 1.807) is 19.5 Å². The fourth-order valence-corrected chi connectivity index (χ4v) is 2.71. The van der Waals surface area contributed by atoms with Crippen LogP contribution in [0, 0.1) is 0 Å². The first kappa shape index (κ1) is 16.6. The van der Waals surface area contributed by atoms with Gasteiger partial charge in [-0.3, -0.25) is 4.90 Å². The predicted octanol–water partition coefficient (Wildman–Crippen LogP) is 0.394. The average Bonchev–Trinajstić information content (AvgIpc) is 3.03. The average molecular weight is 333 g/mol. The topological polar surface area (TPSA) is 83.7 Å². The number of ether oxygens (including phenoxy) is 1. The van der Waals surface area contributed by atoms with Crippen molar-refractivity contribution in [1.29, 1.82) is 0 Å². The van der Waals surface area contributed by atoms with Crippen molar-refractivity contribution < 1.29 is 9.26 Å². The summed E-state index contributed by atoms with van der Waals surface area (Å²) in [4.78, 5) is 19.8. The van der Waals surface area contributed by atoms with E-state index in [0.29, 0.717) is 24.9 Å². The molecule has 2 aromatic heterocycles. The molecule has 0 bridgehead atoms. The van der Waals surface area contributed by atoms with Gasteiger partial charge in [0.15, 0.2) is 17.5 Å². The van der Waals surface area contributed by atoms with E-state index in [4.69, 9.17) is 9.26 Å². The van der Waals surface area contributed by atoms with Crippen molar-refractivity contribution in [1.82, 2.24) is 25.0 Å². The number of nitrogens with zero attached hydrogens (tertiary/aromatic N) is 7. The number of hydrogen-bond donors (Lipinski definition) is 0. The van der Waals surface area contributed by atoms with E-state index in [1.165, 1.54) is 0 Å². The van der Waals surface area contributed by atoms with Crippen molar-refractivity contribution in [2.75, 3.05) is 57.2 Å². The van der Waals surface area contributed by atoms with Crippen molar-refractivity contribution in [3.05, 3.63) is 24.1 Å². The third-order valence-corrected chi connectivity index (χ3v) is 3.90. The minimum atomic E-state index is 0.372. The van der Waals surface area contributed by atoms with Crippen LogP contribution in [0.25, 0.3) is 0 Å². The lowest BCUT2D eigenvalue weighted by Gasteiger charge is -2.35. The highest BCUT2D eigenvalue weighted by atomic mass is 16.5. The molecule has 3 rings (SSSR count). The second kappa shape index (κ2) is 7.54. The normalized spacial score (nSPS) is 15.7. The van der Waals surface area contributed by atoms with Crippen LogP contribution in [-0.2, 0) is 17.9 Å². The molecular weight excluding hydrogens is 310 g/mol. The summed E-state index contributed by atoms with van der Waals surface area (Å²) in [6.45, 7) is 4.62. The first-order valence-electron chi connectivity index (χ1n) is 7.93. The van der Waals surface area contributed by atoms with E-state index in [2.05, 4.69) is 29.9 Å². The molecule has 1 aliphatic heterocycles. The summed E-state index contributed by atoms with van der Waals surface area (Å²) >= 11 is 0. The number of piperazine rings is 1. The number of methoxy groups -OCH3 is 1. The maximum Gasteiger partial charge on any atom is 0.240 e. The lowest BCUT2D eigenvalue weighted by Crippen LogP contribution is -2.46. The molecule has 0 saturated carbocycles. The summed E-state index contributed by atoms with van der Waals surface area (Å²) in [6.07, 6.45) is 3.47. The fraction of sp³-hybridized carbons (Fsp3) is 0.600. The van der Waals surface area contributed by atoms with Gasteiger partial charge in [-0.1, -0.05) is 5.16 Å². The van der Waals surface area contributed by atoms with Crippen LogP contribution in [0.1, 0.15) is 11.7 Å². The number of aromatic nitrogens is 4. The van der Waals surface area contributed by atoms with E-state index in [-0.39, 0.29) is 0 Å². The van der Waals surface area contributed by atoms with Crippen LogP contribution in [0.5, 0.6) is 0 Å². The Morgan fingerprint density at radius 1 is 1.17 bits per heavy atom. The van der Waals surface area contributed by atoms with Gasteiger partial charge in [-0.2, -0.15) is 4.98 Å². The van der Waals surface area contributed by atoms with Crippen LogP contribution >= 0.6 is 0 Å². The van der Waals surface area contributed by atoms with Crippen molar-refractivity contribution in [2.24, 2.45) is 0 Å². The first-order valence-corrected chi connectivity index (χ1v) is 7.93. The molecule has 0 spiro atoms. The monoisotopic (exact) mass is 333 g/mol. The van der Waals surface area contributed by atoms with Gasteiger partial charge in [0, 0.05) is 59.8 Å². The molecule has 0 radical (unpaired) electrons. The Bertz CT molecular complexity index is 653. The molecule has 2 aromatic rings. The van der Waals surface area contributed by atoms with E-state index in [9.17, 15) is 0 Å². The lowest BCUT2D eigenvalue weighted by molar-refractivity contribution is 0.174. The van der Waals surface area contributed by atoms with Gasteiger partial charge in [0.2, 0.25) is 5.89 Å². The van der Waals surface area contributed by atoms with Gasteiger partial charge in [0.05, 0.1) is 6.54 Å². The summed E-state index contributed by atoms with van der Waals surface area (Å²) in [5.74, 6) is 3.04. The van der Waals surface area contributed by atoms with Gasteiger partial charge < -0.3 is 19.1 Å². The van der Waals surface area contributed by atoms with E-state index < -0.39 is 0 Å². The second-order valence-electron chi connectivity index (χ2n) is 5.90. The quantitative estimate of drug-likeness (QED) is 0.745. The zero-order valence-electron chi connectivity index (χ0n) is 14.3. The Morgan fingerprint density at radius 3 is 2.62 bits per heavy atom. The summed E-state index contributed by atoms with van der Waals surface area (Å²) in [7, 11) is 5.58. The number of anilines is 2. The summed E-state index contributed by atoms with van der Waals surface area (Å²) in [6, 6.07) is 0. The van der Waals surface area contributed by atoms with Crippen LogP contribution < -0.4 is 9.80 Å². The van der Waals surface area contributed by atoms with Crippen molar-refractivity contribution in [3.63, 3.8) is 0 Å². The first-order chi connectivity index (χ1) is 11.7. The zero-order chi connectivity index (χ0) is 16.9. The summed E-state index contributed by atoms with van der Waals surface area (Å²) in [5, 5.41) is 3.89. The Hall–Kier alpha value is -2.26. The Labute approximate surface area is 141 Å². The molecule has 0 atom stereocenters. The zero-order valence-corrected chi connectivity index (χ0v) is 14.3. The Morgan fingerprint density at radius 2 is 1.92 bits per heavy atom. The third-order valence-electron chi connectivity index (χ3n) is 3.90.